The molecular weight excluding hydrogens is 476 g/mol. The summed E-state index contributed by atoms with van der Waals surface area (Å²) in [6, 6.07) is 27.1. The van der Waals surface area contributed by atoms with Gasteiger partial charge in [0.05, 0.1) is 25.1 Å². The molecule has 1 atom stereocenters. The summed E-state index contributed by atoms with van der Waals surface area (Å²) in [6.07, 6.45) is 1.75. The normalized spacial score (nSPS) is 11.8. The first-order valence-electron chi connectivity index (χ1n) is 12.4. The molecular formula is C32H28N2O4. The third-order valence-corrected chi connectivity index (χ3v) is 6.57. The van der Waals surface area contributed by atoms with Crippen LogP contribution in [0, 0.1) is 13.8 Å². The SMILES string of the molecule is COC(=O)c1ncccc1-c1cc2cc(CC(=O)NC(c3ccccc3)c3ccc(C)cc3C)ccc2o1. The molecule has 38 heavy (non-hydrogen) atoms. The molecule has 3 aromatic carbocycles. The summed E-state index contributed by atoms with van der Waals surface area (Å²) >= 11 is 0. The zero-order valence-corrected chi connectivity index (χ0v) is 21.5. The number of furan rings is 1. The van der Waals surface area contributed by atoms with Gasteiger partial charge in [0.15, 0.2) is 5.69 Å². The van der Waals surface area contributed by atoms with E-state index in [1.807, 2.05) is 54.6 Å². The zero-order valence-electron chi connectivity index (χ0n) is 21.5. The molecule has 0 radical (unpaired) electrons. The number of rotatable bonds is 7. The third kappa shape index (κ3) is 5.20. The van der Waals surface area contributed by atoms with Gasteiger partial charge in [-0.2, -0.15) is 0 Å². The molecule has 2 aromatic heterocycles. The van der Waals surface area contributed by atoms with Crippen LogP contribution in [0.5, 0.6) is 0 Å². The third-order valence-electron chi connectivity index (χ3n) is 6.57. The minimum atomic E-state index is -0.532. The van der Waals surface area contributed by atoms with Crippen molar-refractivity contribution < 1.29 is 18.7 Å². The second kappa shape index (κ2) is 10.7. The highest BCUT2D eigenvalue weighted by molar-refractivity contribution is 5.96. The van der Waals surface area contributed by atoms with Crippen LogP contribution in [-0.2, 0) is 16.0 Å². The van der Waals surface area contributed by atoms with Gasteiger partial charge in [0.1, 0.15) is 11.3 Å². The fourth-order valence-electron chi connectivity index (χ4n) is 4.73. The number of methoxy groups -OCH3 is 1. The molecule has 1 N–H and O–H groups in total. The van der Waals surface area contributed by atoms with Crippen LogP contribution in [0.15, 0.2) is 95.5 Å². The fourth-order valence-corrected chi connectivity index (χ4v) is 4.73. The lowest BCUT2D eigenvalue weighted by molar-refractivity contribution is -0.120. The maximum Gasteiger partial charge on any atom is 0.357 e. The molecule has 5 aromatic rings. The summed E-state index contributed by atoms with van der Waals surface area (Å²) in [7, 11) is 1.32. The number of benzene rings is 3. The molecule has 0 spiro atoms. The van der Waals surface area contributed by atoms with Gasteiger partial charge in [-0.15, -0.1) is 0 Å². The van der Waals surface area contributed by atoms with Crippen LogP contribution >= 0.6 is 0 Å². The highest BCUT2D eigenvalue weighted by Gasteiger charge is 2.20. The van der Waals surface area contributed by atoms with Gasteiger partial charge in [0.25, 0.3) is 0 Å². The molecule has 0 aliphatic heterocycles. The van der Waals surface area contributed by atoms with Crippen molar-refractivity contribution >= 4 is 22.8 Å². The van der Waals surface area contributed by atoms with Gasteiger partial charge in [-0.3, -0.25) is 4.79 Å². The Morgan fingerprint density at radius 1 is 0.947 bits per heavy atom. The molecule has 2 heterocycles. The van der Waals surface area contributed by atoms with Gasteiger partial charge in [-0.05, 0) is 66.4 Å². The van der Waals surface area contributed by atoms with Crippen LogP contribution in [0.25, 0.3) is 22.3 Å². The van der Waals surface area contributed by atoms with Crippen molar-refractivity contribution in [2.45, 2.75) is 26.3 Å². The number of nitrogens with one attached hydrogen (secondary N) is 1. The smallest absolute Gasteiger partial charge is 0.357 e. The first-order valence-corrected chi connectivity index (χ1v) is 12.4. The second-order valence-electron chi connectivity index (χ2n) is 9.32. The van der Waals surface area contributed by atoms with Crippen molar-refractivity contribution in [2.24, 2.45) is 0 Å². The van der Waals surface area contributed by atoms with E-state index in [0.717, 1.165) is 27.6 Å². The predicted molar refractivity (Wildman–Crippen MR) is 147 cm³/mol. The van der Waals surface area contributed by atoms with Gasteiger partial charge >= 0.3 is 5.97 Å². The predicted octanol–water partition coefficient (Wildman–Crippen LogP) is 6.35. The Labute approximate surface area is 221 Å². The van der Waals surface area contributed by atoms with Crippen molar-refractivity contribution in [1.29, 1.82) is 0 Å². The van der Waals surface area contributed by atoms with Crippen LogP contribution in [0.1, 0.15) is 44.3 Å². The monoisotopic (exact) mass is 504 g/mol. The quantitative estimate of drug-likeness (QED) is 0.261. The number of nitrogens with zero attached hydrogens (tertiary/aromatic N) is 1. The van der Waals surface area contributed by atoms with Crippen molar-refractivity contribution in [3.63, 3.8) is 0 Å². The molecule has 0 aliphatic rings. The number of ether oxygens (including phenoxy) is 1. The minimum absolute atomic E-state index is 0.0814. The largest absolute Gasteiger partial charge is 0.464 e. The summed E-state index contributed by atoms with van der Waals surface area (Å²) < 4.78 is 10.9. The number of carbonyl (C=O) groups excluding carboxylic acids is 2. The Hall–Kier alpha value is -4.71. The average Bonchev–Trinajstić information content (AvgIpc) is 3.35. The first kappa shape index (κ1) is 25.0. The van der Waals surface area contributed by atoms with Crippen molar-refractivity contribution in [2.75, 3.05) is 7.11 Å². The zero-order chi connectivity index (χ0) is 26.6. The van der Waals surface area contributed by atoms with E-state index in [0.29, 0.717) is 16.9 Å². The summed E-state index contributed by atoms with van der Waals surface area (Å²) in [4.78, 5) is 29.6. The number of aryl methyl sites for hydroxylation is 2. The Balaban J connectivity index is 1.40. The van der Waals surface area contributed by atoms with E-state index in [9.17, 15) is 9.59 Å². The Bertz CT molecular complexity index is 1620. The molecule has 1 unspecified atom stereocenters. The van der Waals surface area contributed by atoms with Gasteiger partial charge in [-0.1, -0.05) is 60.2 Å². The fraction of sp³-hybridized carbons (Fsp3) is 0.156. The Kier molecular flexibility index (Phi) is 7.05. The summed E-state index contributed by atoms with van der Waals surface area (Å²) in [5, 5.41) is 4.07. The number of pyridine rings is 1. The lowest BCUT2D eigenvalue weighted by Crippen LogP contribution is -2.31. The van der Waals surface area contributed by atoms with Crippen LogP contribution in [0.3, 0.4) is 0 Å². The molecule has 0 bridgehead atoms. The van der Waals surface area contributed by atoms with E-state index in [2.05, 4.69) is 42.3 Å². The number of fused-ring (bicyclic) bond motifs is 1. The second-order valence-corrected chi connectivity index (χ2v) is 9.32. The molecule has 5 rings (SSSR count). The maximum atomic E-state index is 13.3. The molecule has 0 fully saturated rings. The summed E-state index contributed by atoms with van der Waals surface area (Å²) in [6.45, 7) is 4.14. The van der Waals surface area contributed by atoms with Crippen LogP contribution < -0.4 is 5.32 Å². The van der Waals surface area contributed by atoms with E-state index in [1.165, 1.54) is 18.9 Å². The van der Waals surface area contributed by atoms with Crippen LogP contribution in [0.4, 0.5) is 0 Å². The lowest BCUT2D eigenvalue weighted by atomic mass is 9.93. The molecule has 6 heteroatoms. The number of aromatic nitrogens is 1. The molecule has 0 saturated heterocycles. The number of hydrogen-bond donors (Lipinski definition) is 1. The van der Waals surface area contributed by atoms with E-state index < -0.39 is 5.97 Å². The summed E-state index contributed by atoms with van der Waals surface area (Å²) in [5.41, 5.74) is 6.66. The van der Waals surface area contributed by atoms with Gasteiger partial charge in [0, 0.05) is 11.6 Å². The maximum absolute atomic E-state index is 13.3. The lowest BCUT2D eigenvalue weighted by Gasteiger charge is -2.22. The molecule has 6 nitrogen and oxygen atoms in total. The van der Waals surface area contributed by atoms with E-state index in [4.69, 9.17) is 9.15 Å². The standard InChI is InChI=1S/C32H28N2O4/c1-20-11-13-25(21(2)16-20)30(23-8-5-4-6-9-23)34-29(35)18-22-12-14-27-24(17-22)19-28(38-27)26-10-7-15-33-31(26)32(36)37-3/h4-17,19,30H,18H2,1-3H3,(H,34,35). The topological polar surface area (TPSA) is 81.4 Å². The minimum Gasteiger partial charge on any atom is -0.464 e. The van der Waals surface area contributed by atoms with Crippen LogP contribution in [0.2, 0.25) is 0 Å². The number of esters is 1. The number of hydrogen-bond acceptors (Lipinski definition) is 5. The highest BCUT2D eigenvalue weighted by atomic mass is 16.5. The van der Waals surface area contributed by atoms with Gasteiger partial charge in [-0.25, -0.2) is 9.78 Å². The number of carbonyl (C=O) groups is 2. The van der Waals surface area contributed by atoms with Crippen molar-refractivity contribution in [1.82, 2.24) is 10.3 Å². The first-order chi connectivity index (χ1) is 18.4. The Morgan fingerprint density at radius 2 is 1.76 bits per heavy atom. The highest BCUT2D eigenvalue weighted by Crippen LogP contribution is 2.31. The van der Waals surface area contributed by atoms with Gasteiger partial charge in [0.2, 0.25) is 5.91 Å². The summed E-state index contributed by atoms with van der Waals surface area (Å²) in [5.74, 6) is -0.105. The number of amides is 1. The van der Waals surface area contributed by atoms with Crippen molar-refractivity contribution in [3.8, 4) is 11.3 Å². The van der Waals surface area contributed by atoms with Gasteiger partial charge < -0.3 is 14.5 Å². The van der Waals surface area contributed by atoms with Crippen LogP contribution in [-0.4, -0.2) is 24.0 Å². The molecule has 0 aliphatic carbocycles. The molecule has 0 saturated carbocycles. The molecule has 1 amide bonds. The van der Waals surface area contributed by atoms with E-state index in [1.54, 1.807) is 12.1 Å². The van der Waals surface area contributed by atoms with E-state index >= 15 is 0 Å². The molecule has 190 valence electrons. The van der Waals surface area contributed by atoms with E-state index in [-0.39, 0.29) is 24.1 Å². The Morgan fingerprint density at radius 3 is 2.53 bits per heavy atom. The van der Waals surface area contributed by atoms with Crippen molar-refractivity contribution in [3.05, 3.63) is 125 Å². The average molecular weight is 505 g/mol.